The molecule has 1 amide bonds. The lowest BCUT2D eigenvalue weighted by Crippen LogP contribution is -2.46. The van der Waals surface area contributed by atoms with E-state index in [1.54, 1.807) is 18.3 Å². The van der Waals surface area contributed by atoms with Gasteiger partial charge in [0.15, 0.2) is 0 Å². The number of phenolic OH excluding ortho intramolecular Hbond substituents is 1. The molecule has 39 heavy (non-hydrogen) atoms. The van der Waals surface area contributed by atoms with Gasteiger partial charge >= 0.3 is 0 Å². The van der Waals surface area contributed by atoms with Crippen molar-refractivity contribution < 1.29 is 9.90 Å². The van der Waals surface area contributed by atoms with E-state index in [-0.39, 0.29) is 23.5 Å². The number of rotatable bonds is 8. The monoisotopic (exact) mass is 531 g/mol. The third-order valence-corrected chi connectivity index (χ3v) is 7.55. The number of aromatic hydroxyl groups is 1. The number of benzene rings is 1. The van der Waals surface area contributed by atoms with Crippen LogP contribution in [-0.4, -0.2) is 60.6 Å². The number of allylic oxidation sites excluding steroid dienone is 1. The Morgan fingerprint density at radius 3 is 2.64 bits per heavy atom. The fourth-order valence-electron chi connectivity index (χ4n) is 5.28. The van der Waals surface area contributed by atoms with Gasteiger partial charge in [-0.1, -0.05) is 12.1 Å². The molecule has 0 aliphatic carbocycles. The van der Waals surface area contributed by atoms with E-state index in [1.807, 2.05) is 30.3 Å². The summed E-state index contributed by atoms with van der Waals surface area (Å²) in [4.78, 5) is 19.3. The van der Waals surface area contributed by atoms with E-state index in [4.69, 9.17) is 11.1 Å². The molecule has 1 aromatic carbocycles. The zero-order chi connectivity index (χ0) is 27.2. The molecule has 9 N–H and O–H groups in total. The second-order valence-corrected chi connectivity index (χ2v) is 10.2. The molecule has 0 bridgehead atoms. The number of amides is 1. The Balaban J connectivity index is 1.20. The van der Waals surface area contributed by atoms with Crippen molar-refractivity contribution in [2.45, 2.75) is 31.7 Å². The fourth-order valence-corrected chi connectivity index (χ4v) is 5.28. The third kappa shape index (κ3) is 6.43. The molecule has 5 rings (SSSR count). The summed E-state index contributed by atoms with van der Waals surface area (Å²) in [6.45, 7) is 4.32. The van der Waals surface area contributed by atoms with Gasteiger partial charge in [-0.2, -0.15) is 0 Å². The van der Waals surface area contributed by atoms with Gasteiger partial charge in [-0.15, -0.1) is 0 Å². The third-order valence-electron chi connectivity index (χ3n) is 7.55. The minimum Gasteiger partial charge on any atom is -0.507 e. The van der Waals surface area contributed by atoms with Crippen molar-refractivity contribution in [2.24, 2.45) is 11.7 Å². The van der Waals surface area contributed by atoms with E-state index in [2.05, 4.69) is 36.7 Å². The summed E-state index contributed by atoms with van der Waals surface area (Å²) >= 11 is 0. The summed E-state index contributed by atoms with van der Waals surface area (Å²) in [5, 5.41) is 28.2. The van der Waals surface area contributed by atoms with Crippen LogP contribution in [0.5, 0.6) is 5.75 Å². The second kappa shape index (κ2) is 12.1. The first-order valence-electron chi connectivity index (χ1n) is 13.5. The molecule has 0 spiro atoms. The molecule has 11 nitrogen and oxygen atoms in total. The molecular weight excluding hydrogens is 494 g/mol. The van der Waals surface area contributed by atoms with Gasteiger partial charge in [0.25, 0.3) is 5.91 Å². The van der Waals surface area contributed by atoms with Gasteiger partial charge in [-0.25, -0.2) is 0 Å². The molecule has 0 unspecified atom stereocenters. The van der Waals surface area contributed by atoms with Gasteiger partial charge in [-0.05, 0) is 75.0 Å². The number of phenols is 1. The number of nitrogens with zero attached hydrogens (tertiary/aromatic N) is 2. The molecule has 2 fully saturated rings. The minimum atomic E-state index is -0.124. The Labute approximate surface area is 228 Å². The van der Waals surface area contributed by atoms with E-state index in [0.717, 1.165) is 57.5 Å². The van der Waals surface area contributed by atoms with Gasteiger partial charge in [0.2, 0.25) is 0 Å². The number of anilines is 1. The van der Waals surface area contributed by atoms with Crippen molar-refractivity contribution in [2.75, 3.05) is 37.6 Å². The van der Waals surface area contributed by atoms with Crippen LogP contribution in [0.1, 0.15) is 41.7 Å². The van der Waals surface area contributed by atoms with Crippen molar-refractivity contribution >= 4 is 23.1 Å². The Kier molecular flexibility index (Phi) is 8.16. The summed E-state index contributed by atoms with van der Waals surface area (Å²) in [5.41, 5.74) is 15.8. The van der Waals surface area contributed by atoms with Crippen molar-refractivity contribution in [1.29, 1.82) is 5.41 Å². The van der Waals surface area contributed by atoms with Gasteiger partial charge in [0.05, 0.1) is 11.4 Å². The predicted octanol–water partition coefficient (Wildman–Crippen LogP) is 1.37. The summed E-state index contributed by atoms with van der Waals surface area (Å²) in [6.07, 6.45) is 7.46. The number of carbonyl (C=O) groups excluding carboxylic acids is 1. The van der Waals surface area contributed by atoms with E-state index in [1.165, 1.54) is 0 Å². The maximum Gasteiger partial charge on any atom is 0.269 e. The molecule has 0 radical (unpaired) electrons. The summed E-state index contributed by atoms with van der Waals surface area (Å²) in [7, 11) is 0. The molecule has 206 valence electrons. The van der Waals surface area contributed by atoms with Crippen LogP contribution in [0.25, 0.3) is 5.70 Å². The van der Waals surface area contributed by atoms with Crippen LogP contribution in [0.4, 0.5) is 5.69 Å². The first-order chi connectivity index (χ1) is 19.0. The van der Waals surface area contributed by atoms with Crippen LogP contribution in [0.3, 0.4) is 0 Å². The zero-order valence-electron chi connectivity index (χ0n) is 22.0. The fraction of sp³-hybridized carbons (Fsp3) is 0.393. The second-order valence-electron chi connectivity index (χ2n) is 10.2. The SMILES string of the molecule is N=C(N)C1=C(NC2CCN(c3ccnc(C(=O)NCC4CCNCC4)c3)CC2)C=C(c2ccccc2O)NN1. The van der Waals surface area contributed by atoms with Crippen LogP contribution in [0.2, 0.25) is 0 Å². The Bertz CT molecular complexity index is 1260. The lowest BCUT2D eigenvalue weighted by atomic mass is 9.98. The molecular formula is C28H37N9O2. The highest BCUT2D eigenvalue weighted by Gasteiger charge is 2.24. The standard InChI is InChI=1S/C28H37N9O2/c29-27(30)26-23(16-22(35-36-26)21-3-1-2-4-25(21)38)34-19-8-13-37(14-9-19)20-7-12-32-24(15-20)28(39)33-17-18-5-10-31-11-6-18/h1-4,7,12,15-16,18-19,31,34-36,38H,5-6,8-11,13-14,17H2,(H3,29,30)(H,33,39). The topological polar surface area (TPSA) is 163 Å². The number of hydrogen-bond donors (Lipinski definition) is 8. The molecule has 1 aromatic heterocycles. The van der Waals surface area contributed by atoms with Gasteiger partial charge in [0.1, 0.15) is 23.0 Å². The average molecular weight is 532 g/mol. The Hall–Kier alpha value is -4.25. The molecule has 3 aliphatic rings. The number of carbonyl (C=O) groups is 1. The van der Waals surface area contributed by atoms with Gasteiger partial charge < -0.3 is 31.7 Å². The number of hydrogen-bond acceptors (Lipinski definition) is 9. The van der Waals surface area contributed by atoms with Crippen LogP contribution < -0.4 is 37.4 Å². The molecule has 4 heterocycles. The summed E-state index contributed by atoms with van der Waals surface area (Å²) in [6, 6.07) is 11.1. The quantitative estimate of drug-likeness (QED) is 0.186. The first kappa shape index (κ1) is 26.4. The first-order valence-corrected chi connectivity index (χ1v) is 13.5. The predicted molar refractivity (Wildman–Crippen MR) is 152 cm³/mol. The average Bonchev–Trinajstić information content (AvgIpc) is 2.97. The Morgan fingerprint density at radius 1 is 1.13 bits per heavy atom. The number of nitrogens with two attached hydrogens (primary N) is 1. The van der Waals surface area contributed by atoms with E-state index >= 15 is 0 Å². The minimum absolute atomic E-state index is 0.0854. The molecule has 11 heteroatoms. The maximum atomic E-state index is 12.7. The molecule has 2 aromatic rings. The summed E-state index contributed by atoms with van der Waals surface area (Å²) in [5.74, 6) is 0.468. The van der Waals surface area contributed by atoms with Crippen LogP contribution >= 0.6 is 0 Å². The van der Waals surface area contributed by atoms with Crippen molar-refractivity contribution in [3.63, 3.8) is 0 Å². The Morgan fingerprint density at radius 2 is 1.90 bits per heavy atom. The molecule has 3 aliphatic heterocycles. The number of nitrogens with one attached hydrogen (secondary N) is 6. The highest BCUT2D eigenvalue weighted by atomic mass is 16.3. The van der Waals surface area contributed by atoms with Crippen molar-refractivity contribution in [1.82, 2.24) is 31.8 Å². The number of pyridine rings is 1. The normalized spacial score (nSPS) is 18.6. The highest BCUT2D eigenvalue weighted by Crippen LogP contribution is 2.27. The largest absolute Gasteiger partial charge is 0.507 e. The van der Waals surface area contributed by atoms with Crippen molar-refractivity contribution in [3.8, 4) is 5.75 Å². The van der Waals surface area contributed by atoms with Gasteiger partial charge in [0, 0.05) is 43.1 Å². The number of hydrazine groups is 1. The van der Waals surface area contributed by atoms with E-state index < -0.39 is 0 Å². The highest BCUT2D eigenvalue weighted by molar-refractivity contribution is 5.96. The van der Waals surface area contributed by atoms with E-state index in [9.17, 15) is 9.90 Å². The van der Waals surface area contributed by atoms with Crippen LogP contribution in [-0.2, 0) is 0 Å². The maximum absolute atomic E-state index is 12.7. The lowest BCUT2D eigenvalue weighted by molar-refractivity contribution is 0.0939. The molecule has 0 atom stereocenters. The number of piperidine rings is 2. The van der Waals surface area contributed by atoms with Gasteiger partial charge in [-0.3, -0.25) is 26.0 Å². The lowest BCUT2D eigenvalue weighted by Gasteiger charge is -2.35. The molecule has 2 saturated heterocycles. The van der Waals surface area contributed by atoms with Crippen LogP contribution in [0, 0.1) is 11.3 Å². The zero-order valence-corrected chi connectivity index (χ0v) is 22.0. The number of amidine groups is 1. The van der Waals surface area contributed by atoms with Crippen LogP contribution in [0.15, 0.2) is 60.1 Å². The molecule has 0 saturated carbocycles. The smallest absolute Gasteiger partial charge is 0.269 e. The van der Waals surface area contributed by atoms with Crippen molar-refractivity contribution in [3.05, 3.63) is 71.3 Å². The van der Waals surface area contributed by atoms with E-state index in [0.29, 0.717) is 40.8 Å². The summed E-state index contributed by atoms with van der Waals surface area (Å²) < 4.78 is 0. The number of aromatic nitrogens is 1. The number of para-hydroxylation sites is 1.